The second-order valence-corrected chi connectivity index (χ2v) is 11.7. The minimum absolute atomic E-state index is 0.429. The fourth-order valence-corrected chi connectivity index (χ4v) is 6.97. The number of carbonyl (C=O) groups is 2. The molecule has 1 fully saturated rings. The Kier molecular flexibility index (Phi) is 10.7. The van der Waals surface area contributed by atoms with Crippen molar-refractivity contribution >= 4 is 33.3 Å². The minimum atomic E-state index is -5.08. The normalized spacial score (nSPS) is 20.4. The number of fused-ring (bicyclic) bond motifs is 2. The van der Waals surface area contributed by atoms with Crippen molar-refractivity contribution in [1.29, 1.82) is 0 Å². The van der Waals surface area contributed by atoms with Crippen molar-refractivity contribution in [2.75, 3.05) is 40.3 Å². The van der Waals surface area contributed by atoms with E-state index in [4.69, 9.17) is 19.8 Å². The molecule has 1 spiro atoms. The van der Waals surface area contributed by atoms with E-state index in [1.165, 1.54) is 5.56 Å². The van der Waals surface area contributed by atoms with Gasteiger partial charge in [-0.2, -0.15) is 42.0 Å². The van der Waals surface area contributed by atoms with Gasteiger partial charge in [0.15, 0.2) is 0 Å². The summed E-state index contributed by atoms with van der Waals surface area (Å²) in [5.74, 6) is -5.51. The Labute approximate surface area is 230 Å². The van der Waals surface area contributed by atoms with E-state index in [9.17, 15) is 34.8 Å². The number of thiophene rings is 1. The number of sulfonamides is 1. The Morgan fingerprint density at radius 1 is 1.02 bits per heavy atom. The number of likely N-dealkylation sites (tertiary alicyclic amines) is 1. The average molecular weight is 620 g/mol. The first-order chi connectivity index (χ1) is 18.3. The highest BCUT2D eigenvalue weighted by Gasteiger charge is 2.56. The van der Waals surface area contributed by atoms with Crippen LogP contribution < -0.4 is 0 Å². The number of nitrogens with zero attached hydrogens (tertiary/aromatic N) is 3. The zero-order valence-corrected chi connectivity index (χ0v) is 22.9. The van der Waals surface area contributed by atoms with Gasteiger partial charge in [0.2, 0.25) is 10.0 Å². The van der Waals surface area contributed by atoms with Crippen LogP contribution in [0, 0.1) is 0 Å². The summed E-state index contributed by atoms with van der Waals surface area (Å²) in [4.78, 5) is 22.7. The van der Waals surface area contributed by atoms with Gasteiger partial charge in [-0.25, -0.2) is 18.0 Å². The summed E-state index contributed by atoms with van der Waals surface area (Å²) in [5.41, 5.74) is 1.86. The van der Waals surface area contributed by atoms with Crippen LogP contribution in [0.2, 0.25) is 0 Å². The van der Waals surface area contributed by atoms with Crippen molar-refractivity contribution in [3.8, 4) is 0 Å². The topological polar surface area (TPSA) is 118 Å². The molecule has 2 aliphatic heterocycles. The molecule has 9 nitrogen and oxygen atoms in total. The van der Waals surface area contributed by atoms with Crippen LogP contribution in [0.15, 0.2) is 46.0 Å². The largest absolute Gasteiger partial charge is 0.490 e. The molecule has 1 unspecified atom stereocenters. The maximum absolute atomic E-state index is 13.3. The van der Waals surface area contributed by atoms with E-state index in [0.717, 1.165) is 38.2 Å². The van der Waals surface area contributed by atoms with E-state index < -0.39 is 39.9 Å². The molecule has 4 rings (SSSR count). The van der Waals surface area contributed by atoms with Crippen LogP contribution in [0.25, 0.3) is 0 Å². The lowest BCUT2D eigenvalue weighted by atomic mass is 9.89. The molecule has 3 heterocycles. The number of rotatable bonds is 5. The highest BCUT2D eigenvalue weighted by atomic mass is 32.2. The fraction of sp³-hybridized carbons (Fsp3) is 0.478. The summed E-state index contributed by atoms with van der Waals surface area (Å²) >= 11 is 1.71. The summed E-state index contributed by atoms with van der Waals surface area (Å²) in [7, 11) is 0.535. The zero-order chi connectivity index (χ0) is 30.5. The molecule has 0 amide bonds. The standard InChI is InChI=1S/C19H25N3O2S2.2C2HF3O2/c1-20(2)10-11-22-19(17-5-3-4-6-18(17)26(22,23)24)8-9-21(15-19)13-16-7-12-25-14-16;2*3-2(4,5)1(6)7/h3-7,12,14H,8-11,13,15H2,1-2H3;2*(H,6,7). The third-order valence-electron chi connectivity index (χ3n) is 5.98. The minimum Gasteiger partial charge on any atom is -0.475 e. The van der Waals surface area contributed by atoms with Crippen LogP contribution >= 0.6 is 11.3 Å². The van der Waals surface area contributed by atoms with Crippen molar-refractivity contribution in [2.45, 2.75) is 35.8 Å². The molecule has 2 N–H and O–H groups in total. The van der Waals surface area contributed by atoms with Gasteiger partial charge in [0.1, 0.15) is 0 Å². The lowest BCUT2D eigenvalue weighted by molar-refractivity contribution is -0.193. The maximum atomic E-state index is 13.3. The molecule has 0 bridgehead atoms. The summed E-state index contributed by atoms with van der Waals surface area (Å²) < 4.78 is 91.8. The first kappa shape index (κ1) is 33.5. The van der Waals surface area contributed by atoms with Crippen molar-refractivity contribution in [3.05, 3.63) is 52.2 Å². The molecule has 2 aliphatic rings. The highest BCUT2D eigenvalue weighted by Crippen LogP contribution is 2.49. The van der Waals surface area contributed by atoms with Crippen molar-refractivity contribution in [2.24, 2.45) is 0 Å². The third-order valence-corrected chi connectivity index (χ3v) is 8.74. The van der Waals surface area contributed by atoms with Gasteiger partial charge in [-0.3, -0.25) is 4.90 Å². The number of hydrogen-bond donors (Lipinski definition) is 2. The lowest BCUT2D eigenvalue weighted by Gasteiger charge is -2.35. The number of carboxylic acid groups (broad SMARTS) is 2. The molecule has 1 saturated heterocycles. The third kappa shape index (κ3) is 8.15. The first-order valence-electron chi connectivity index (χ1n) is 11.4. The second-order valence-electron chi connectivity index (χ2n) is 9.11. The van der Waals surface area contributed by atoms with Crippen molar-refractivity contribution in [3.63, 3.8) is 0 Å². The van der Waals surface area contributed by atoms with E-state index >= 15 is 0 Å². The van der Waals surface area contributed by atoms with Gasteiger partial charge in [0.25, 0.3) is 0 Å². The van der Waals surface area contributed by atoms with Gasteiger partial charge < -0.3 is 15.1 Å². The van der Waals surface area contributed by atoms with Crippen LogP contribution in [0.1, 0.15) is 17.5 Å². The zero-order valence-electron chi connectivity index (χ0n) is 21.2. The number of aliphatic carboxylic acids is 2. The molecule has 0 aliphatic carbocycles. The Hall–Kier alpha value is -2.73. The quantitative estimate of drug-likeness (QED) is 0.487. The Bertz CT molecular complexity index is 1240. The van der Waals surface area contributed by atoms with E-state index in [2.05, 4.69) is 21.7 Å². The molecule has 0 saturated carbocycles. The van der Waals surface area contributed by atoms with Gasteiger partial charge >= 0.3 is 24.3 Å². The summed E-state index contributed by atoms with van der Waals surface area (Å²) in [5, 5.41) is 18.5. The van der Waals surface area contributed by atoms with Crippen LogP contribution in [-0.2, 0) is 31.7 Å². The molecule has 1 aromatic heterocycles. The second kappa shape index (κ2) is 12.8. The molecule has 40 heavy (non-hydrogen) atoms. The average Bonchev–Trinajstić information content (AvgIpc) is 3.53. The fourth-order valence-electron chi connectivity index (χ4n) is 4.25. The molecule has 1 aromatic carbocycles. The monoisotopic (exact) mass is 619 g/mol. The number of halogens is 6. The van der Waals surface area contributed by atoms with E-state index in [-0.39, 0.29) is 0 Å². The number of alkyl halides is 6. The van der Waals surface area contributed by atoms with Gasteiger partial charge in [-0.15, -0.1) is 0 Å². The predicted molar refractivity (Wildman–Crippen MR) is 132 cm³/mol. The van der Waals surface area contributed by atoms with E-state index in [1.807, 2.05) is 37.2 Å². The molecule has 1 atom stereocenters. The number of carboxylic acids is 2. The molecule has 0 radical (unpaired) electrons. The van der Waals surface area contributed by atoms with E-state index in [1.54, 1.807) is 21.7 Å². The van der Waals surface area contributed by atoms with Gasteiger partial charge in [0, 0.05) is 32.7 Å². The van der Waals surface area contributed by atoms with Gasteiger partial charge in [0.05, 0.1) is 10.4 Å². The number of likely N-dealkylation sites (N-methyl/N-ethyl adjacent to an activating group) is 1. The Balaban J connectivity index is 0.000000333. The Morgan fingerprint density at radius 2 is 1.57 bits per heavy atom. The molecular weight excluding hydrogens is 592 g/mol. The predicted octanol–water partition coefficient (Wildman–Crippen LogP) is 3.68. The molecular formula is C23H27F6N3O6S2. The van der Waals surface area contributed by atoms with Crippen molar-refractivity contribution in [1.82, 2.24) is 14.1 Å². The number of benzene rings is 1. The molecule has 224 valence electrons. The Morgan fingerprint density at radius 3 is 2.05 bits per heavy atom. The SMILES string of the molecule is CN(C)CCN1C2(CCN(Cc3ccsc3)C2)c2ccccc2S1(=O)=O.O=C(O)C(F)(F)F.O=C(O)C(F)(F)F. The van der Waals surface area contributed by atoms with Gasteiger partial charge in [-0.1, -0.05) is 18.2 Å². The van der Waals surface area contributed by atoms with E-state index in [0.29, 0.717) is 11.4 Å². The van der Waals surface area contributed by atoms with Crippen LogP contribution in [0.3, 0.4) is 0 Å². The van der Waals surface area contributed by atoms with Crippen LogP contribution in [-0.4, -0.2) is 97.3 Å². The highest BCUT2D eigenvalue weighted by molar-refractivity contribution is 7.89. The first-order valence-corrected chi connectivity index (χ1v) is 13.8. The van der Waals surface area contributed by atoms with Crippen LogP contribution in [0.4, 0.5) is 26.3 Å². The smallest absolute Gasteiger partial charge is 0.475 e. The molecule has 17 heteroatoms. The molecule has 2 aromatic rings. The lowest BCUT2D eigenvalue weighted by Crippen LogP contribution is -2.48. The summed E-state index contributed by atoms with van der Waals surface area (Å²) in [6.45, 7) is 3.80. The number of hydrogen-bond acceptors (Lipinski definition) is 7. The summed E-state index contributed by atoms with van der Waals surface area (Å²) in [6, 6.07) is 9.73. The summed E-state index contributed by atoms with van der Waals surface area (Å²) in [6.07, 6.45) is -9.32. The van der Waals surface area contributed by atoms with Crippen molar-refractivity contribution < 1.29 is 54.6 Å². The van der Waals surface area contributed by atoms with Gasteiger partial charge in [-0.05, 0) is 54.5 Å². The maximum Gasteiger partial charge on any atom is 0.490 e. The van der Waals surface area contributed by atoms with Crippen LogP contribution in [0.5, 0.6) is 0 Å².